The summed E-state index contributed by atoms with van der Waals surface area (Å²) in [5.74, 6) is -5.61. The van der Waals surface area contributed by atoms with Crippen LogP contribution in [0.5, 0.6) is 17.2 Å². The highest BCUT2D eigenvalue weighted by atomic mass is 19.3. The lowest BCUT2D eigenvalue weighted by Gasteiger charge is -2.30. The van der Waals surface area contributed by atoms with Gasteiger partial charge in [0.05, 0.1) is 32.9 Å². The number of methoxy groups -OCH3 is 3. The van der Waals surface area contributed by atoms with Gasteiger partial charge >= 0.3 is 18.0 Å². The van der Waals surface area contributed by atoms with E-state index in [2.05, 4.69) is 4.98 Å². The van der Waals surface area contributed by atoms with Crippen molar-refractivity contribution in [3.63, 3.8) is 0 Å². The topological polar surface area (TPSA) is 117 Å². The van der Waals surface area contributed by atoms with E-state index in [4.69, 9.17) is 23.7 Å². The van der Waals surface area contributed by atoms with E-state index in [-0.39, 0.29) is 37.0 Å². The quantitative estimate of drug-likeness (QED) is 0.0968. The van der Waals surface area contributed by atoms with Crippen LogP contribution in [0.15, 0.2) is 91.3 Å². The summed E-state index contributed by atoms with van der Waals surface area (Å²) >= 11 is 0. The van der Waals surface area contributed by atoms with Crippen LogP contribution in [0.2, 0.25) is 0 Å². The summed E-state index contributed by atoms with van der Waals surface area (Å²) in [6, 6.07) is 21.9. The molecule has 3 aromatic carbocycles. The zero-order chi connectivity index (χ0) is 39.2. The zero-order valence-corrected chi connectivity index (χ0v) is 31.4. The number of alkyl halides is 2. The molecular formula is C42H47F2N3O8. The van der Waals surface area contributed by atoms with Gasteiger partial charge in [-0.1, -0.05) is 48.5 Å². The Balaban J connectivity index is 1.18. The van der Waals surface area contributed by atoms with Crippen LogP contribution in [0, 0.1) is 0 Å². The molecule has 13 heteroatoms. The third kappa shape index (κ3) is 10.7. The molecule has 292 valence electrons. The van der Waals surface area contributed by atoms with E-state index in [1.165, 1.54) is 21.3 Å². The summed E-state index contributed by atoms with van der Waals surface area (Å²) < 4.78 is 58.4. The lowest BCUT2D eigenvalue weighted by Crippen LogP contribution is -2.47. The van der Waals surface area contributed by atoms with Crippen molar-refractivity contribution in [3.05, 3.63) is 119 Å². The molecule has 11 nitrogen and oxygen atoms in total. The summed E-state index contributed by atoms with van der Waals surface area (Å²) in [5, 5.41) is 0. The van der Waals surface area contributed by atoms with Gasteiger partial charge in [0, 0.05) is 37.6 Å². The molecule has 4 aromatic rings. The fraction of sp³-hybridized carbons (Fsp3) is 0.381. The first kappa shape index (κ1) is 40.5. The predicted molar refractivity (Wildman–Crippen MR) is 201 cm³/mol. The Morgan fingerprint density at radius 3 is 2.09 bits per heavy atom. The van der Waals surface area contributed by atoms with E-state index in [1.54, 1.807) is 29.4 Å². The van der Waals surface area contributed by atoms with Gasteiger partial charge in [-0.15, -0.1) is 0 Å². The normalized spacial score (nSPS) is 13.9. The molecule has 0 aliphatic carbocycles. The van der Waals surface area contributed by atoms with E-state index in [1.807, 2.05) is 54.6 Å². The van der Waals surface area contributed by atoms with Gasteiger partial charge in [0.15, 0.2) is 11.5 Å². The number of aryl methyl sites for hydroxylation is 2. The number of hydrogen-bond acceptors (Lipinski definition) is 9. The summed E-state index contributed by atoms with van der Waals surface area (Å²) in [5.41, 5.74) is 2.76. The fourth-order valence-electron chi connectivity index (χ4n) is 6.50. The second kappa shape index (κ2) is 19.6. The summed E-state index contributed by atoms with van der Waals surface area (Å²) in [7, 11) is 3.97. The van der Waals surface area contributed by atoms with Crippen LogP contribution >= 0.6 is 0 Å². The molecule has 1 saturated heterocycles. The first-order valence-corrected chi connectivity index (χ1v) is 18.2. The average Bonchev–Trinajstić information content (AvgIpc) is 3.70. The molecule has 1 aromatic heterocycles. The minimum absolute atomic E-state index is 0.00362. The molecule has 0 radical (unpaired) electrons. The van der Waals surface area contributed by atoms with E-state index < -0.39 is 35.5 Å². The standard InChI is InChI=1S/C42H47F2N3O8/c1-51-36-25-34(26-37(52-2)38(36)53-3)42(43,44)40(49)47-24-10-16-35(47)29-55-41(50)46(23-9-15-31-13-7-21-45-27-31)22-8-14-30-17-19-33(20-18-30)39(48)54-28-32-11-5-4-6-12-32/h4-7,11-13,17-21,25-27,35H,8-10,14-16,22-24,28-29H2,1-3H3/t35-/m0/s1. The Bertz CT molecular complexity index is 1840. The molecule has 1 fully saturated rings. The van der Waals surface area contributed by atoms with Crippen molar-refractivity contribution in [3.8, 4) is 17.2 Å². The Hall–Kier alpha value is -5.72. The lowest BCUT2D eigenvalue weighted by molar-refractivity contribution is -0.160. The van der Waals surface area contributed by atoms with Crippen molar-refractivity contribution >= 4 is 18.0 Å². The molecule has 2 amide bonds. The maximum Gasteiger partial charge on any atom is 0.409 e. The maximum absolute atomic E-state index is 15.8. The van der Waals surface area contributed by atoms with Crippen molar-refractivity contribution in [1.82, 2.24) is 14.8 Å². The number of benzene rings is 3. The maximum atomic E-state index is 15.8. The highest BCUT2D eigenvalue weighted by Gasteiger charge is 2.48. The number of pyridine rings is 1. The van der Waals surface area contributed by atoms with Crippen LogP contribution in [0.3, 0.4) is 0 Å². The van der Waals surface area contributed by atoms with E-state index >= 15 is 8.78 Å². The summed E-state index contributed by atoms with van der Waals surface area (Å²) in [4.78, 5) is 46.3. The Morgan fingerprint density at radius 2 is 1.47 bits per heavy atom. The average molecular weight is 760 g/mol. The van der Waals surface area contributed by atoms with Gasteiger partial charge in [-0.2, -0.15) is 8.78 Å². The molecule has 0 bridgehead atoms. The number of nitrogens with zero attached hydrogens (tertiary/aromatic N) is 3. The van der Waals surface area contributed by atoms with Crippen molar-refractivity contribution < 1.29 is 46.8 Å². The van der Waals surface area contributed by atoms with E-state index in [9.17, 15) is 14.4 Å². The Labute approximate surface area is 320 Å². The fourth-order valence-corrected chi connectivity index (χ4v) is 6.50. The number of esters is 1. The molecule has 1 aliphatic rings. The van der Waals surface area contributed by atoms with Gasteiger partial charge in [0.2, 0.25) is 5.75 Å². The highest BCUT2D eigenvalue weighted by molar-refractivity contribution is 5.89. The van der Waals surface area contributed by atoms with Gasteiger partial charge in [-0.25, -0.2) is 9.59 Å². The second-order valence-corrected chi connectivity index (χ2v) is 13.2. The molecule has 55 heavy (non-hydrogen) atoms. The van der Waals surface area contributed by atoms with Gasteiger partial charge in [0.1, 0.15) is 13.2 Å². The summed E-state index contributed by atoms with van der Waals surface area (Å²) in [6.07, 6.45) is 6.36. The van der Waals surface area contributed by atoms with E-state index in [0.29, 0.717) is 57.2 Å². The molecule has 0 unspecified atom stereocenters. The Morgan fingerprint density at radius 1 is 0.818 bits per heavy atom. The largest absolute Gasteiger partial charge is 0.493 e. The molecular weight excluding hydrogens is 712 g/mol. The van der Waals surface area contributed by atoms with Crippen LogP contribution < -0.4 is 14.2 Å². The van der Waals surface area contributed by atoms with Crippen molar-refractivity contribution in [2.75, 3.05) is 47.6 Å². The van der Waals surface area contributed by atoms with Crippen LogP contribution in [-0.4, -0.2) is 86.4 Å². The lowest BCUT2D eigenvalue weighted by atomic mass is 10.0. The molecule has 2 heterocycles. The molecule has 1 aliphatic heterocycles. The number of amides is 2. The number of halogens is 2. The molecule has 0 spiro atoms. The molecule has 5 rings (SSSR count). The van der Waals surface area contributed by atoms with Crippen molar-refractivity contribution in [2.45, 2.75) is 57.1 Å². The third-order valence-electron chi connectivity index (χ3n) is 9.50. The number of ether oxygens (including phenoxy) is 5. The third-order valence-corrected chi connectivity index (χ3v) is 9.50. The molecule has 0 N–H and O–H groups in total. The number of aromatic nitrogens is 1. The van der Waals surface area contributed by atoms with Gasteiger partial charge < -0.3 is 33.5 Å². The number of carbonyl (C=O) groups excluding carboxylic acids is 3. The number of likely N-dealkylation sites (tertiary alicyclic amines) is 1. The van der Waals surface area contributed by atoms with Crippen LogP contribution in [-0.2, 0) is 39.6 Å². The second-order valence-electron chi connectivity index (χ2n) is 13.2. The van der Waals surface area contributed by atoms with Gasteiger partial charge in [0.25, 0.3) is 5.91 Å². The monoisotopic (exact) mass is 759 g/mol. The van der Waals surface area contributed by atoms with Gasteiger partial charge in [-0.3, -0.25) is 9.78 Å². The minimum atomic E-state index is -3.92. The molecule has 0 saturated carbocycles. The van der Waals surface area contributed by atoms with Crippen molar-refractivity contribution in [2.24, 2.45) is 0 Å². The number of hydrogen-bond donors (Lipinski definition) is 0. The predicted octanol–water partition coefficient (Wildman–Crippen LogP) is 7.25. The SMILES string of the molecule is COc1cc(C(F)(F)C(=O)N2CCC[C@H]2COC(=O)N(CCCc2ccc(C(=O)OCc3ccccc3)cc2)CCCc2cccnc2)cc(OC)c1OC. The summed E-state index contributed by atoms with van der Waals surface area (Å²) in [6.45, 7) is 0.826. The van der Waals surface area contributed by atoms with E-state index in [0.717, 1.165) is 33.7 Å². The smallest absolute Gasteiger partial charge is 0.409 e. The Kier molecular flexibility index (Phi) is 14.4. The minimum Gasteiger partial charge on any atom is -0.493 e. The number of rotatable bonds is 18. The van der Waals surface area contributed by atoms with Crippen molar-refractivity contribution in [1.29, 1.82) is 0 Å². The van der Waals surface area contributed by atoms with Gasteiger partial charge in [-0.05, 0) is 85.5 Å². The zero-order valence-electron chi connectivity index (χ0n) is 31.4. The first-order valence-electron chi connectivity index (χ1n) is 18.2. The van der Waals surface area contributed by atoms with Crippen LogP contribution in [0.1, 0.15) is 58.3 Å². The number of carbonyl (C=O) groups is 3. The van der Waals surface area contributed by atoms with Crippen LogP contribution in [0.25, 0.3) is 0 Å². The first-order chi connectivity index (χ1) is 26.6. The molecule has 1 atom stereocenters. The highest BCUT2D eigenvalue weighted by Crippen LogP contribution is 2.43. The van der Waals surface area contributed by atoms with Crippen LogP contribution in [0.4, 0.5) is 13.6 Å².